The summed E-state index contributed by atoms with van der Waals surface area (Å²) < 4.78 is 31.0. The van der Waals surface area contributed by atoms with Gasteiger partial charge in [-0.2, -0.15) is 5.10 Å². The van der Waals surface area contributed by atoms with Crippen LogP contribution in [0.3, 0.4) is 0 Å². The molecule has 2 heterocycles. The number of carbonyl (C=O) groups excluding carboxylic acids is 1. The molecule has 1 unspecified atom stereocenters. The molecule has 0 aliphatic heterocycles. The largest absolute Gasteiger partial charge is 0.361 e. The quantitative estimate of drug-likeness (QED) is 0.502. The van der Waals surface area contributed by atoms with Gasteiger partial charge in [0.15, 0.2) is 16.0 Å². The Hall–Kier alpha value is -3.58. The van der Waals surface area contributed by atoms with Gasteiger partial charge in [0, 0.05) is 17.8 Å². The normalized spacial score (nSPS) is 11.9. The summed E-state index contributed by atoms with van der Waals surface area (Å²) in [7, 11) is -1.88. The lowest BCUT2D eigenvalue weighted by Gasteiger charge is -2.19. The Kier molecular flexibility index (Phi) is 7.00. The number of carbonyl (C=O) groups is 1. The van der Waals surface area contributed by atoms with E-state index in [1.807, 2.05) is 27.7 Å². The van der Waals surface area contributed by atoms with Crippen LogP contribution in [0.1, 0.15) is 45.2 Å². The number of nitrogens with one attached hydrogen (secondary N) is 2. The summed E-state index contributed by atoms with van der Waals surface area (Å²) in [5.41, 5.74) is 1.85. The second-order valence-electron chi connectivity index (χ2n) is 7.64. The van der Waals surface area contributed by atoms with Gasteiger partial charge >= 0.3 is 6.03 Å². The van der Waals surface area contributed by atoms with E-state index in [0.29, 0.717) is 22.4 Å². The van der Waals surface area contributed by atoms with Gasteiger partial charge in [-0.3, -0.25) is 9.40 Å². The number of halogens is 1. The zero-order valence-electron chi connectivity index (χ0n) is 18.1. The number of urea groups is 1. The number of aromatic nitrogens is 3. The Morgan fingerprint density at radius 3 is 2.59 bits per heavy atom. The molecule has 0 saturated heterocycles. The number of benzene rings is 1. The molecule has 0 aliphatic carbocycles. The standard InChI is InChI=1S/C22H23FN6O2S/c1-13(2)17-11-16(23)12-18(15-6-8-25-19(10-15)24-5)21(17)26-22(30)28-32(31)20-7-9-29(27-20)14(3)4/h6-14H,1-4H3,(H2,26,28,30). The molecule has 10 heteroatoms. The van der Waals surface area contributed by atoms with Gasteiger partial charge in [0.2, 0.25) is 0 Å². The average Bonchev–Trinajstić information content (AvgIpc) is 3.25. The number of rotatable bonds is 6. The molecule has 2 aromatic heterocycles. The van der Waals surface area contributed by atoms with Crippen LogP contribution in [0.4, 0.5) is 20.7 Å². The maximum absolute atomic E-state index is 14.4. The molecule has 0 radical (unpaired) electrons. The van der Waals surface area contributed by atoms with E-state index in [1.54, 1.807) is 23.0 Å². The lowest BCUT2D eigenvalue weighted by atomic mass is 9.94. The maximum Gasteiger partial charge on any atom is 0.331 e. The highest BCUT2D eigenvalue weighted by molar-refractivity contribution is 7.83. The van der Waals surface area contributed by atoms with E-state index in [2.05, 4.69) is 25.0 Å². The van der Waals surface area contributed by atoms with Crippen molar-refractivity contribution in [3.63, 3.8) is 0 Å². The zero-order chi connectivity index (χ0) is 23.4. The van der Waals surface area contributed by atoms with E-state index in [1.165, 1.54) is 24.4 Å². The highest BCUT2D eigenvalue weighted by Gasteiger charge is 2.20. The molecule has 1 atom stereocenters. The first-order valence-electron chi connectivity index (χ1n) is 9.91. The van der Waals surface area contributed by atoms with Crippen LogP contribution in [0.15, 0.2) is 47.8 Å². The first kappa shape index (κ1) is 23.1. The minimum atomic E-state index is -1.88. The second-order valence-corrected chi connectivity index (χ2v) is 8.80. The van der Waals surface area contributed by atoms with Gasteiger partial charge in [-0.25, -0.2) is 13.4 Å². The molecule has 2 amide bonds. The van der Waals surface area contributed by atoms with Crippen molar-refractivity contribution in [2.75, 3.05) is 5.32 Å². The predicted octanol–water partition coefficient (Wildman–Crippen LogP) is 5.18. The first-order chi connectivity index (χ1) is 15.2. The van der Waals surface area contributed by atoms with Crippen molar-refractivity contribution >= 4 is 28.5 Å². The molecule has 8 nitrogen and oxygen atoms in total. The molecule has 2 N–H and O–H groups in total. The SMILES string of the molecule is [C-]#[N+]c1cc(-c2cc(F)cc(C(C)C)c2NC(=O)NS(=O)c2ccn(C(C)C)n2)ccn1. The van der Waals surface area contributed by atoms with Crippen molar-refractivity contribution in [2.24, 2.45) is 0 Å². The molecular weight excluding hydrogens is 431 g/mol. The van der Waals surface area contributed by atoms with Crippen LogP contribution in [-0.4, -0.2) is 25.0 Å². The fourth-order valence-electron chi connectivity index (χ4n) is 3.08. The number of pyridine rings is 1. The molecular formula is C22H23FN6O2S. The Labute approximate surface area is 188 Å². The summed E-state index contributed by atoms with van der Waals surface area (Å²) in [6.07, 6.45) is 3.14. The molecule has 3 rings (SSSR count). The van der Waals surface area contributed by atoms with Crippen LogP contribution < -0.4 is 10.0 Å². The Bertz CT molecular complexity index is 1220. The number of amides is 2. The van der Waals surface area contributed by atoms with E-state index in [4.69, 9.17) is 6.57 Å². The summed E-state index contributed by atoms with van der Waals surface area (Å²) in [6.45, 7) is 14.8. The van der Waals surface area contributed by atoms with Crippen LogP contribution in [-0.2, 0) is 11.0 Å². The molecule has 166 valence electrons. The summed E-state index contributed by atoms with van der Waals surface area (Å²) in [5.74, 6) is -0.442. The minimum absolute atomic E-state index is 0.0886. The molecule has 32 heavy (non-hydrogen) atoms. The van der Waals surface area contributed by atoms with Crippen molar-refractivity contribution in [1.82, 2.24) is 19.5 Å². The second kappa shape index (κ2) is 9.70. The van der Waals surface area contributed by atoms with Gasteiger partial charge < -0.3 is 10.2 Å². The van der Waals surface area contributed by atoms with Gasteiger partial charge in [-0.15, -0.1) is 4.98 Å². The van der Waals surface area contributed by atoms with E-state index >= 15 is 0 Å². The van der Waals surface area contributed by atoms with Gasteiger partial charge in [-0.1, -0.05) is 20.4 Å². The third kappa shape index (κ3) is 5.18. The minimum Gasteiger partial charge on any atom is -0.361 e. The predicted molar refractivity (Wildman–Crippen MR) is 121 cm³/mol. The van der Waals surface area contributed by atoms with Crippen LogP contribution in [0.5, 0.6) is 0 Å². The van der Waals surface area contributed by atoms with Crippen molar-refractivity contribution in [3.8, 4) is 11.1 Å². The summed E-state index contributed by atoms with van der Waals surface area (Å²) in [5, 5.41) is 7.13. The Morgan fingerprint density at radius 1 is 1.22 bits per heavy atom. The van der Waals surface area contributed by atoms with Crippen molar-refractivity contribution in [3.05, 3.63) is 65.5 Å². The third-order valence-electron chi connectivity index (χ3n) is 4.65. The average molecular weight is 455 g/mol. The smallest absolute Gasteiger partial charge is 0.331 e. The molecule has 1 aromatic carbocycles. The Balaban J connectivity index is 1.94. The third-order valence-corrected chi connectivity index (χ3v) is 5.62. The molecule has 0 aliphatic rings. The lowest BCUT2D eigenvalue weighted by Crippen LogP contribution is -2.31. The first-order valence-corrected chi connectivity index (χ1v) is 11.1. The molecule has 0 spiro atoms. The summed E-state index contributed by atoms with van der Waals surface area (Å²) in [4.78, 5) is 20.0. The fraction of sp³-hybridized carbons (Fsp3) is 0.273. The number of anilines is 1. The molecule has 0 saturated carbocycles. The van der Waals surface area contributed by atoms with Crippen LogP contribution in [0, 0.1) is 12.4 Å². The fourth-order valence-corrected chi connectivity index (χ4v) is 3.76. The van der Waals surface area contributed by atoms with E-state index in [9.17, 15) is 13.4 Å². The summed E-state index contributed by atoms with van der Waals surface area (Å²) >= 11 is 0. The molecule has 0 fully saturated rings. The van der Waals surface area contributed by atoms with Gasteiger partial charge in [-0.05, 0) is 61.2 Å². The van der Waals surface area contributed by atoms with Crippen molar-refractivity contribution < 1.29 is 13.4 Å². The zero-order valence-corrected chi connectivity index (χ0v) is 18.9. The van der Waals surface area contributed by atoms with Crippen molar-refractivity contribution in [2.45, 2.75) is 44.7 Å². The summed E-state index contributed by atoms with van der Waals surface area (Å²) in [6, 6.07) is 6.72. The van der Waals surface area contributed by atoms with Crippen molar-refractivity contribution in [1.29, 1.82) is 0 Å². The van der Waals surface area contributed by atoms with Crippen LogP contribution in [0.25, 0.3) is 16.0 Å². The van der Waals surface area contributed by atoms with Crippen LogP contribution in [0.2, 0.25) is 0 Å². The van der Waals surface area contributed by atoms with E-state index in [-0.39, 0.29) is 22.8 Å². The van der Waals surface area contributed by atoms with E-state index in [0.717, 1.165) is 0 Å². The number of nitrogens with zero attached hydrogens (tertiary/aromatic N) is 4. The van der Waals surface area contributed by atoms with E-state index < -0.39 is 22.8 Å². The number of hydrogen-bond donors (Lipinski definition) is 2. The van der Waals surface area contributed by atoms with Gasteiger partial charge in [0.1, 0.15) is 12.0 Å². The van der Waals surface area contributed by atoms with Crippen LogP contribution >= 0.6 is 0 Å². The monoisotopic (exact) mass is 454 g/mol. The molecule has 3 aromatic rings. The topological polar surface area (TPSA) is 93.3 Å². The highest BCUT2D eigenvalue weighted by atomic mass is 32.2. The highest BCUT2D eigenvalue weighted by Crippen LogP contribution is 2.36. The maximum atomic E-state index is 14.4. The van der Waals surface area contributed by atoms with Gasteiger partial charge in [0.25, 0.3) is 5.82 Å². The lowest BCUT2D eigenvalue weighted by molar-refractivity contribution is 0.257. The molecule has 0 bridgehead atoms. The Morgan fingerprint density at radius 2 is 1.97 bits per heavy atom. The van der Waals surface area contributed by atoms with Gasteiger partial charge in [0.05, 0.1) is 5.69 Å². The number of hydrogen-bond acceptors (Lipinski definition) is 4.